The number of carboxylic acids is 1. The maximum atomic E-state index is 10.8. The molecular weight excluding hydrogens is 348 g/mol. The van der Waals surface area contributed by atoms with Gasteiger partial charge in [-0.05, 0) is 18.2 Å². The average molecular weight is 354 g/mol. The van der Waals surface area contributed by atoms with Crippen LogP contribution in [0.4, 0.5) is 5.82 Å². The van der Waals surface area contributed by atoms with E-state index < -0.39 is 5.97 Å². The number of nitrogens with zero attached hydrogens (tertiary/aromatic N) is 4. The maximum absolute atomic E-state index is 10.8. The Bertz CT molecular complexity index is 979. The topological polar surface area (TPSA) is 100 Å². The second-order valence-electron chi connectivity index (χ2n) is 4.33. The summed E-state index contributed by atoms with van der Waals surface area (Å²) in [6, 6.07) is 8.86. The Balaban J connectivity index is 1.89. The minimum atomic E-state index is -1.12. The van der Waals surface area contributed by atoms with Gasteiger partial charge >= 0.3 is 5.97 Å². The Morgan fingerprint density at radius 2 is 2.25 bits per heavy atom. The maximum Gasteiger partial charge on any atom is 0.355 e. The van der Waals surface area contributed by atoms with Crippen molar-refractivity contribution < 1.29 is 14.6 Å². The van der Waals surface area contributed by atoms with Gasteiger partial charge in [-0.15, -0.1) is 4.98 Å². The largest absolute Gasteiger partial charge is 0.476 e. The lowest BCUT2D eigenvalue weighted by Crippen LogP contribution is -1.95. The van der Waals surface area contributed by atoms with Gasteiger partial charge in [0.25, 0.3) is 11.0 Å². The van der Waals surface area contributed by atoms with Gasteiger partial charge in [0, 0.05) is 10.9 Å². The zero-order chi connectivity index (χ0) is 17.1. The molecule has 0 spiro atoms. The van der Waals surface area contributed by atoms with Crippen LogP contribution < -0.4 is 4.74 Å². The van der Waals surface area contributed by atoms with Crippen LogP contribution in [0.5, 0.6) is 10.9 Å². The van der Waals surface area contributed by atoms with E-state index in [9.17, 15) is 4.79 Å². The Morgan fingerprint density at radius 3 is 2.88 bits per heavy atom. The number of hydrogen-bond acceptors (Lipinski definition) is 7. The van der Waals surface area contributed by atoms with Gasteiger partial charge in [0.2, 0.25) is 5.01 Å². The second kappa shape index (κ2) is 6.46. The van der Waals surface area contributed by atoms with Gasteiger partial charge in [-0.2, -0.15) is 10.2 Å². The van der Waals surface area contributed by atoms with Gasteiger partial charge in [0.05, 0.1) is 0 Å². The number of nitriles is 1. The van der Waals surface area contributed by atoms with Crippen LogP contribution in [0.15, 0.2) is 29.6 Å². The minimum absolute atomic E-state index is 0.0774. The van der Waals surface area contributed by atoms with Crippen LogP contribution in [0.1, 0.15) is 15.4 Å². The first kappa shape index (κ1) is 15.6. The molecule has 9 heteroatoms. The molecule has 3 rings (SSSR count). The normalized spacial score (nSPS) is 9.92. The number of rotatable bonds is 4. The van der Waals surface area contributed by atoms with Crippen molar-refractivity contribution in [3.8, 4) is 27.6 Å². The van der Waals surface area contributed by atoms with E-state index in [1.807, 2.05) is 6.07 Å². The van der Waals surface area contributed by atoms with E-state index >= 15 is 0 Å². The lowest BCUT2D eigenvalue weighted by molar-refractivity contribution is 0.0690. The number of aromatic nitrogens is 2. The lowest BCUT2D eigenvalue weighted by atomic mass is 10.2. The summed E-state index contributed by atoms with van der Waals surface area (Å²) < 4.78 is 5.56. The Kier molecular flexibility index (Phi) is 4.20. The molecule has 0 aliphatic rings. The second-order valence-corrected chi connectivity index (χ2v) is 6.15. The van der Waals surface area contributed by atoms with Gasteiger partial charge in [-0.1, -0.05) is 35.3 Å². The summed E-state index contributed by atoms with van der Waals surface area (Å²) in [5.74, 6) is -0.583. The van der Waals surface area contributed by atoms with Crippen LogP contribution in [-0.4, -0.2) is 21.0 Å². The number of carboxylic acid groups (broad SMARTS) is 1. The molecule has 0 aliphatic heterocycles. The van der Waals surface area contributed by atoms with Crippen molar-refractivity contribution in [2.75, 3.05) is 0 Å². The molecule has 1 N–H and O–H groups in total. The molecule has 2 heterocycles. The molecule has 0 bridgehead atoms. The fourth-order valence-electron chi connectivity index (χ4n) is 1.78. The molecule has 1 aromatic carbocycles. The van der Waals surface area contributed by atoms with Crippen molar-refractivity contribution in [1.29, 1.82) is 5.26 Å². The zero-order valence-electron chi connectivity index (χ0n) is 11.8. The summed E-state index contributed by atoms with van der Waals surface area (Å²) in [5.41, 5.74) is 0.616. The van der Waals surface area contributed by atoms with Crippen molar-refractivity contribution in [3.63, 3.8) is 0 Å². The number of benzene rings is 1. The number of ether oxygens (including phenoxy) is 1. The zero-order valence-corrected chi connectivity index (χ0v) is 13.4. The first-order valence-electron chi connectivity index (χ1n) is 6.36. The summed E-state index contributed by atoms with van der Waals surface area (Å²) >= 11 is 2.21. The van der Waals surface area contributed by atoms with Crippen molar-refractivity contribution in [1.82, 2.24) is 9.97 Å². The summed E-state index contributed by atoms with van der Waals surface area (Å²) in [6.07, 6.45) is 0. The SMILES string of the molecule is [C-]#[N+]c1nc(-c2cccc(Oc3nc(C(=O)O)cs3)c2)sc1C#N. The fraction of sp³-hybridized carbons (Fsp3) is 0. The highest BCUT2D eigenvalue weighted by Crippen LogP contribution is 2.34. The van der Waals surface area contributed by atoms with Gasteiger partial charge in [0.15, 0.2) is 5.69 Å². The van der Waals surface area contributed by atoms with Gasteiger partial charge in [-0.25, -0.2) is 4.79 Å². The van der Waals surface area contributed by atoms with Crippen LogP contribution in [0, 0.1) is 17.9 Å². The van der Waals surface area contributed by atoms with Gasteiger partial charge in [0.1, 0.15) is 16.7 Å². The summed E-state index contributed by atoms with van der Waals surface area (Å²) in [4.78, 5) is 22.3. The summed E-state index contributed by atoms with van der Waals surface area (Å²) in [6.45, 7) is 7.03. The van der Waals surface area contributed by atoms with E-state index in [0.29, 0.717) is 16.3 Å². The first-order chi connectivity index (χ1) is 11.6. The van der Waals surface area contributed by atoms with E-state index in [1.165, 1.54) is 5.38 Å². The number of hydrogen-bond donors (Lipinski definition) is 1. The van der Waals surface area contributed by atoms with E-state index in [0.717, 1.165) is 22.7 Å². The van der Waals surface area contributed by atoms with Crippen molar-refractivity contribution >= 4 is 34.5 Å². The van der Waals surface area contributed by atoms with E-state index in [-0.39, 0.29) is 21.6 Å². The average Bonchev–Trinajstić information content (AvgIpc) is 3.21. The highest BCUT2D eigenvalue weighted by Gasteiger charge is 2.16. The standard InChI is InChI=1S/C15H6N4O3S2/c1-17-12-11(6-16)24-13(19-12)8-3-2-4-9(5-8)22-15-18-10(7-23-15)14(20)21/h2-5,7H,(H,20,21). The molecule has 0 unspecified atom stereocenters. The fourth-order valence-corrected chi connectivity index (χ4v) is 3.24. The minimum Gasteiger partial charge on any atom is -0.476 e. The molecule has 0 saturated heterocycles. The molecule has 0 fully saturated rings. The highest BCUT2D eigenvalue weighted by molar-refractivity contribution is 7.16. The molecule has 0 radical (unpaired) electrons. The van der Waals surface area contributed by atoms with Crippen molar-refractivity contribution in [2.45, 2.75) is 0 Å². The molecule has 24 heavy (non-hydrogen) atoms. The predicted octanol–water partition coefficient (Wildman–Crippen LogP) is 4.18. The lowest BCUT2D eigenvalue weighted by Gasteiger charge is -2.02. The van der Waals surface area contributed by atoms with Crippen LogP contribution in [-0.2, 0) is 0 Å². The summed E-state index contributed by atoms with van der Waals surface area (Å²) in [5, 5.41) is 20.0. The molecule has 7 nitrogen and oxygen atoms in total. The van der Waals surface area contributed by atoms with Crippen LogP contribution in [0.3, 0.4) is 0 Å². The molecule has 0 amide bonds. The predicted molar refractivity (Wildman–Crippen MR) is 87.7 cm³/mol. The van der Waals surface area contributed by atoms with Gasteiger partial charge in [-0.3, -0.25) is 0 Å². The quantitative estimate of drug-likeness (QED) is 0.705. The third-order valence-electron chi connectivity index (χ3n) is 2.81. The third-order valence-corrected chi connectivity index (χ3v) is 4.52. The van der Waals surface area contributed by atoms with E-state index in [4.69, 9.17) is 21.7 Å². The Morgan fingerprint density at radius 1 is 1.42 bits per heavy atom. The summed E-state index contributed by atoms with van der Waals surface area (Å²) in [7, 11) is 0. The first-order valence-corrected chi connectivity index (χ1v) is 8.06. The number of aromatic carboxylic acids is 1. The molecule has 0 saturated carbocycles. The number of thiazole rings is 2. The van der Waals surface area contributed by atoms with E-state index in [2.05, 4.69) is 14.8 Å². The molecule has 3 aromatic rings. The van der Waals surface area contributed by atoms with Crippen LogP contribution in [0.25, 0.3) is 15.4 Å². The van der Waals surface area contributed by atoms with E-state index in [1.54, 1.807) is 24.3 Å². The smallest absolute Gasteiger partial charge is 0.355 e. The third kappa shape index (κ3) is 3.08. The molecule has 0 atom stereocenters. The highest BCUT2D eigenvalue weighted by atomic mass is 32.1. The molecular formula is C15H6N4O3S2. The molecule has 2 aromatic heterocycles. The van der Waals surface area contributed by atoms with Crippen LogP contribution >= 0.6 is 22.7 Å². The van der Waals surface area contributed by atoms with Gasteiger partial charge < -0.3 is 14.7 Å². The Hall–Kier alpha value is -3.27. The van der Waals surface area contributed by atoms with Crippen LogP contribution in [0.2, 0.25) is 0 Å². The van der Waals surface area contributed by atoms with Crippen molar-refractivity contribution in [3.05, 3.63) is 51.6 Å². The van der Waals surface area contributed by atoms with Crippen molar-refractivity contribution in [2.24, 2.45) is 0 Å². The Labute approximate surface area is 143 Å². The number of carbonyl (C=O) groups is 1. The molecule has 116 valence electrons. The monoisotopic (exact) mass is 354 g/mol. The molecule has 0 aliphatic carbocycles.